The van der Waals surface area contributed by atoms with Gasteiger partial charge in [0.2, 0.25) is 19.5 Å². The Kier molecular flexibility index (Phi) is 8.39. The first-order chi connectivity index (χ1) is 14.9. The van der Waals surface area contributed by atoms with Crippen molar-refractivity contribution in [3.63, 3.8) is 0 Å². The van der Waals surface area contributed by atoms with Crippen molar-refractivity contribution >= 4 is 19.5 Å². The summed E-state index contributed by atoms with van der Waals surface area (Å²) in [6.07, 6.45) is 0. The van der Waals surface area contributed by atoms with Gasteiger partial charge in [0.15, 0.2) is 0 Å². The molecule has 0 unspecified atom stereocenters. The van der Waals surface area contributed by atoms with Crippen molar-refractivity contribution in [2.75, 3.05) is 0 Å². The van der Waals surface area contributed by atoms with E-state index < -0.39 is 19.5 Å². The highest BCUT2D eigenvalue weighted by molar-refractivity contribution is 6.49. The van der Waals surface area contributed by atoms with Crippen LogP contribution in [-0.4, -0.2) is 19.5 Å². The molecule has 2 nitrogen and oxygen atoms in total. The van der Waals surface area contributed by atoms with Crippen LogP contribution in [0.4, 0.5) is 0 Å². The molecule has 0 aliphatic carbocycles. The molecule has 0 saturated carbocycles. The van der Waals surface area contributed by atoms with Crippen molar-refractivity contribution in [2.24, 2.45) is 0 Å². The Morgan fingerprint density at radius 3 is 1.12 bits per heavy atom. The van der Waals surface area contributed by atoms with Gasteiger partial charge in [-0.05, 0) is 50.6 Å². The maximum atomic E-state index is 6.51. The molecule has 0 aromatic heterocycles. The molecule has 0 fully saturated rings. The van der Waals surface area contributed by atoms with E-state index >= 15 is 0 Å². The van der Waals surface area contributed by atoms with Gasteiger partial charge in [0.05, 0.1) is 0 Å². The van der Waals surface area contributed by atoms with E-state index in [2.05, 4.69) is 119 Å². The van der Waals surface area contributed by atoms with Crippen LogP contribution in [0.5, 0.6) is 11.5 Å². The predicted molar refractivity (Wildman–Crippen MR) is 151 cm³/mol. The van der Waals surface area contributed by atoms with Gasteiger partial charge in [-0.15, -0.1) is 0 Å². The zero-order chi connectivity index (χ0) is 25.2. The van der Waals surface area contributed by atoms with Crippen molar-refractivity contribution in [1.29, 1.82) is 0 Å². The molecule has 0 aliphatic rings. The van der Waals surface area contributed by atoms with Gasteiger partial charge < -0.3 is 8.85 Å². The fraction of sp³-hybridized carbons (Fsp3) is 0.586. The average Bonchev–Trinajstić information content (AvgIpc) is 2.64. The number of hydrogen-bond donors (Lipinski definition) is 0. The van der Waals surface area contributed by atoms with Gasteiger partial charge in [0, 0.05) is 11.1 Å². The monoisotopic (exact) mass is 484 g/mol. The Hall–Kier alpha value is -1.53. The molecule has 0 aliphatic heterocycles. The summed E-state index contributed by atoms with van der Waals surface area (Å²) in [4.78, 5) is 0. The van der Waals surface area contributed by atoms with Gasteiger partial charge in [0.1, 0.15) is 11.5 Å². The van der Waals surface area contributed by atoms with Crippen molar-refractivity contribution in [3.05, 3.63) is 58.7 Å². The van der Waals surface area contributed by atoms with E-state index in [0.29, 0.717) is 0 Å². The summed E-state index contributed by atoms with van der Waals surface area (Å²) in [7, 11) is -1.38. The standard InChI is InChI=1S/C29H48O2Si2/c1-26(2,3)20-15-13-17-22(24(20)28(7,8)9)30-32-19-33-31-23-18-14-16-21(27(4,5)6)25(23)29(10,11)12/h13-18H,19,32-33H2,1-12H3. The van der Waals surface area contributed by atoms with Crippen LogP contribution < -0.4 is 8.85 Å². The highest BCUT2D eigenvalue weighted by Crippen LogP contribution is 2.41. The second-order valence-electron chi connectivity index (χ2n) is 13.4. The SMILES string of the molecule is CC(C)(C)c1cccc(O[SiH2]C[SiH2]Oc2cccc(C(C)(C)C)c2C(C)(C)C)c1C(C)(C)C. The van der Waals surface area contributed by atoms with Crippen LogP contribution in [0.1, 0.15) is 105 Å². The molecule has 2 aromatic carbocycles. The van der Waals surface area contributed by atoms with Gasteiger partial charge in [-0.1, -0.05) is 107 Å². The Morgan fingerprint density at radius 2 is 0.848 bits per heavy atom. The van der Waals surface area contributed by atoms with E-state index in [1.807, 2.05) is 0 Å². The molecule has 0 spiro atoms. The molecule has 0 atom stereocenters. The molecule has 0 N–H and O–H groups in total. The molecule has 33 heavy (non-hydrogen) atoms. The Morgan fingerprint density at radius 1 is 0.515 bits per heavy atom. The first-order valence-corrected chi connectivity index (χ1v) is 15.6. The summed E-state index contributed by atoms with van der Waals surface area (Å²) < 4.78 is 13.0. The summed E-state index contributed by atoms with van der Waals surface area (Å²) in [5, 5.41) is 0. The lowest BCUT2D eigenvalue weighted by Gasteiger charge is -2.32. The topological polar surface area (TPSA) is 18.5 Å². The molecule has 0 amide bonds. The lowest BCUT2D eigenvalue weighted by atomic mass is 9.75. The molecule has 0 saturated heterocycles. The van der Waals surface area contributed by atoms with Gasteiger partial charge in [-0.3, -0.25) is 0 Å². The highest BCUT2D eigenvalue weighted by Gasteiger charge is 2.29. The third-order valence-corrected chi connectivity index (χ3v) is 9.31. The predicted octanol–water partition coefficient (Wildman–Crippen LogP) is 6.88. The van der Waals surface area contributed by atoms with Crippen LogP contribution >= 0.6 is 0 Å². The summed E-state index contributed by atoms with van der Waals surface area (Å²) in [5.41, 5.74) is 6.93. The van der Waals surface area contributed by atoms with Crippen LogP contribution in [0.2, 0.25) is 5.67 Å². The minimum atomic E-state index is -0.689. The summed E-state index contributed by atoms with van der Waals surface area (Å²) >= 11 is 0. The second-order valence-corrected chi connectivity index (χ2v) is 17.6. The van der Waals surface area contributed by atoms with Crippen molar-refractivity contribution in [3.8, 4) is 11.5 Å². The highest BCUT2D eigenvalue weighted by atomic mass is 28.3. The summed E-state index contributed by atoms with van der Waals surface area (Å²) in [5.74, 6) is 2.17. The Bertz CT molecular complexity index is 859. The molecule has 0 radical (unpaired) electrons. The van der Waals surface area contributed by atoms with Crippen LogP contribution in [-0.2, 0) is 21.7 Å². The van der Waals surface area contributed by atoms with E-state index in [4.69, 9.17) is 8.85 Å². The molecule has 0 heterocycles. The van der Waals surface area contributed by atoms with Crippen molar-refractivity contribution in [2.45, 2.75) is 110 Å². The van der Waals surface area contributed by atoms with E-state index in [9.17, 15) is 0 Å². The van der Waals surface area contributed by atoms with Crippen LogP contribution in [0.15, 0.2) is 36.4 Å². The third-order valence-electron chi connectivity index (χ3n) is 5.97. The molecular weight excluding hydrogens is 436 g/mol. The smallest absolute Gasteiger partial charge is 0.219 e. The number of rotatable bonds is 6. The molecular formula is C29H48O2Si2. The van der Waals surface area contributed by atoms with Crippen LogP contribution in [0.3, 0.4) is 0 Å². The van der Waals surface area contributed by atoms with Crippen molar-refractivity contribution in [1.82, 2.24) is 0 Å². The van der Waals surface area contributed by atoms with Crippen LogP contribution in [0, 0.1) is 0 Å². The van der Waals surface area contributed by atoms with Gasteiger partial charge >= 0.3 is 0 Å². The zero-order valence-corrected chi connectivity index (χ0v) is 26.2. The fourth-order valence-corrected chi connectivity index (χ4v) is 7.07. The minimum absolute atomic E-state index is 0.0521. The van der Waals surface area contributed by atoms with Crippen LogP contribution in [0.25, 0.3) is 0 Å². The Labute approximate surface area is 208 Å². The maximum absolute atomic E-state index is 6.51. The zero-order valence-electron chi connectivity index (χ0n) is 23.4. The van der Waals surface area contributed by atoms with E-state index in [-0.39, 0.29) is 21.7 Å². The van der Waals surface area contributed by atoms with E-state index in [1.54, 1.807) is 0 Å². The lowest BCUT2D eigenvalue weighted by Crippen LogP contribution is -2.24. The quantitative estimate of drug-likeness (QED) is 0.329. The minimum Gasteiger partial charge on any atom is -0.549 e. The molecule has 0 bridgehead atoms. The van der Waals surface area contributed by atoms with E-state index in [0.717, 1.165) is 17.2 Å². The number of benzene rings is 2. The number of hydrogen-bond acceptors (Lipinski definition) is 2. The van der Waals surface area contributed by atoms with Gasteiger partial charge in [0.25, 0.3) is 0 Å². The molecule has 2 rings (SSSR count). The maximum Gasteiger partial charge on any atom is 0.219 e. The molecule has 2 aromatic rings. The average molecular weight is 485 g/mol. The summed E-state index contributed by atoms with van der Waals surface area (Å²) in [6.45, 7) is 27.5. The largest absolute Gasteiger partial charge is 0.549 e. The fourth-order valence-electron chi connectivity index (χ4n) is 4.52. The molecule has 4 heteroatoms. The second kappa shape index (κ2) is 9.99. The first kappa shape index (κ1) is 27.7. The lowest BCUT2D eigenvalue weighted by molar-refractivity contribution is 0.491. The van der Waals surface area contributed by atoms with E-state index in [1.165, 1.54) is 22.3 Å². The van der Waals surface area contributed by atoms with Gasteiger partial charge in [-0.2, -0.15) is 0 Å². The van der Waals surface area contributed by atoms with Crippen molar-refractivity contribution < 1.29 is 8.85 Å². The first-order valence-electron chi connectivity index (χ1n) is 12.5. The normalized spacial score (nSPS) is 13.9. The summed E-state index contributed by atoms with van der Waals surface area (Å²) in [6, 6.07) is 13.2. The Balaban J connectivity index is 2.15. The molecule has 184 valence electrons. The van der Waals surface area contributed by atoms with Gasteiger partial charge in [-0.25, -0.2) is 0 Å². The third kappa shape index (κ3) is 7.23.